The summed E-state index contributed by atoms with van der Waals surface area (Å²) in [7, 11) is 4.22. The largest absolute Gasteiger partial charge is 0.447 e. The van der Waals surface area contributed by atoms with Gasteiger partial charge in [-0.1, -0.05) is 0 Å². The summed E-state index contributed by atoms with van der Waals surface area (Å²) in [5.41, 5.74) is 3.59. The van der Waals surface area contributed by atoms with E-state index in [1.54, 1.807) is 0 Å². The normalized spacial score (nSPS) is 33.7. The van der Waals surface area contributed by atoms with E-state index in [4.69, 9.17) is 4.74 Å². The van der Waals surface area contributed by atoms with Crippen molar-refractivity contribution >= 4 is 12.0 Å². The molecule has 8 heteroatoms. The average molecular weight is 450 g/mol. The first kappa shape index (κ1) is 23.8. The fraction of sp³-hybridized carbons (Fsp3) is 0.917. The molecule has 0 aromatic rings. The minimum Gasteiger partial charge on any atom is -0.447 e. The highest BCUT2D eigenvalue weighted by atomic mass is 16.6. The van der Waals surface area contributed by atoms with Gasteiger partial charge in [0, 0.05) is 44.7 Å². The van der Waals surface area contributed by atoms with Crippen LogP contribution in [0, 0.1) is 17.8 Å². The van der Waals surface area contributed by atoms with Crippen LogP contribution in [-0.4, -0.2) is 103 Å². The van der Waals surface area contributed by atoms with Crippen LogP contribution in [0.1, 0.15) is 52.9 Å². The Morgan fingerprint density at radius 1 is 1.06 bits per heavy atom. The van der Waals surface area contributed by atoms with Gasteiger partial charge in [-0.3, -0.25) is 10.2 Å². The number of carbonyl (C=O) groups excluding carboxylic acids is 2. The van der Waals surface area contributed by atoms with E-state index in [1.807, 2.05) is 18.7 Å². The minimum absolute atomic E-state index is 0.0512. The second-order valence-electron chi connectivity index (χ2n) is 11.0. The predicted molar refractivity (Wildman–Crippen MR) is 124 cm³/mol. The van der Waals surface area contributed by atoms with Gasteiger partial charge >= 0.3 is 6.09 Å². The summed E-state index contributed by atoms with van der Waals surface area (Å²) in [6, 6.07) is 0.243. The van der Waals surface area contributed by atoms with E-state index in [-0.39, 0.29) is 36.2 Å². The zero-order chi connectivity index (χ0) is 23.0. The molecule has 4 aliphatic rings. The number of likely N-dealkylation sites (N-methyl/N-ethyl adjacent to an activating group) is 1. The topological polar surface area (TPSA) is 68.4 Å². The smallest absolute Gasteiger partial charge is 0.410 e. The molecule has 8 nitrogen and oxygen atoms in total. The van der Waals surface area contributed by atoms with Crippen molar-refractivity contribution in [2.75, 3.05) is 46.8 Å². The summed E-state index contributed by atoms with van der Waals surface area (Å²) >= 11 is 0. The van der Waals surface area contributed by atoms with Gasteiger partial charge in [-0.15, -0.1) is 0 Å². The lowest BCUT2D eigenvalue weighted by atomic mass is 9.73. The maximum absolute atomic E-state index is 13.2. The second-order valence-corrected chi connectivity index (χ2v) is 11.0. The lowest BCUT2D eigenvalue weighted by molar-refractivity contribution is -0.146. The summed E-state index contributed by atoms with van der Waals surface area (Å²) in [5.74, 6) is 1.69. The molecule has 2 heterocycles. The zero-order valence-electron chi connectivity index (χ0n) is 20.6. The van der Waals surface area contributed by atoms with Gasteiger partial charge in [0.1, 0.15) is 0 Å². The van der Waals surface area contributed by atoms with Crippen molar-refractivity contribution in [2.24, 2.45) is 17.8 Å². The van der Waals surface area contributed by atoms with E-state index in [0.29, 0.717) is 24.3 Å². The molecule has 2 aliphatic heterocycles. The maximum atomic E-state index is 13.2. The number of fused-ring (bicyclic) bond motifs is 1. The summed E-state index contributed by atoms with van der Waals surface area (Å²) in [5, 5.41) is 2.35. The number of ether oxygens (including phenoxy) is 1. The molecule has 2 saturated heterocycles. The number of carbonyl (C=O) groups is 2. The molecule has 2 saturated carbocycles. The molecule has 4 rings (SSSR count). The van der Waals surface area contributed by atoms with Gasteiger partial charge in [0.05, 0.1) is 18.2 Å². The third-order valence-electron chi connectivity index (χ3n) is 7.78. The lowest BCUT2D eigenvalue weighted by Gasteiger charge is -2.54. The van der Waals surface area contributed by atoms with Crippen molar-refractivity contribution in [3.8, 4) is 0 Å². The van der Waals surface area contributed by atoms with Gasteiger partial charge in [0.25, 0.3) is 0 Å². The highest BCUT2D eigenvalue weighted by molar-refractivity contribution is 5.82. The molecule has 2 aliphatic carbocycles. The number of rotatable bonds is 6. The summed E-state index contributed by atoms with van der Waals surface area (Å²) in [4.78, 5) is 32.5. The Kier molecular flexibility index (Phi) is 7.32. The van der Waals surface area contributed by atoms with Crippen LogP contribution < -0.4 is 5.43 Å². The van der Waals surface area contributed by atoms with Gasteiger partial charge in [-0.25, -0.2) is 9.80 Å². The highest BCUT2D eigenvalue weighted by Crippen LogP contribution is 2.42. The van der Waals surface area contributed by atoms with E-state index in [0.717, 1.165) is 58.3 Å². The Balaban J connectivity index is 1.46. The lowest BCUT2D eigenvalue weighted by Crippen LogP contribution is -2.67. The van der Waals surface area contributed by atoms with Gasteiger partial charge in [-0.05, 0) is 78.8 Å². The average Bonchev–Trinajstić information content (AvgIpc) is 3.48. The van der Waals surface area contributed by atoms with Crippen LogP contribution in [0.2, 0.25) is 0 Å². The number of hydrogen-bond acceptors (Lipinski definition) is 6. The van der Waals surface area contributed by atoms with Crippen LogP contribution >= 0.6 is 0 Å². The van der Waals surface area contributed by atoms with Crippen molar-refractivity contribution in [1.29, 1.82) is 0 Å². The van der Waals surface area contributed by atoms with Gasteiger partial charge < -0.3 is 19.4 Å². The molecule has 0 radical (unpaired) electrons. The van der Waals surface area contributed by atoms with Crippen LogP contribution in [-0.2, 0) is 9.53 Å². The van der Waals surface area contributed by atoms with Crippen LogP contribution in [0.5, 0.6) is 0 Å². The van der Waals surface area contributed by atoms with E-state index >= 15 is 0 Å². The molecule has 182 valence electrons. The summed E-state index contributed by atoms with van der Waals surface area (Å²) in [6.45, 7) is 10.6. The molecule has 0 bridgehead atoms. The maximum Gasteiger partial charge on any atom is 0.410 e. The fourth-order valence-corrected chi connectivity index (χ4v) is 5.95. The second kappa shape index (κ2) is 9.85. The Morgan fingerprint density at radius 2 is 1.81 bits per heavy atom. The first-order valence-corrected chi connectivity index (χ1v) is 12.7. The Labute approximate surface area is 193 Å². The SMILES string of the molecule is CC(C)OC(=O)N1C[C@H](C)N(C(=O)C2CC2)C2CCC(C3CNN(CCN(C)C)C3)CC21. The molecule has 4 fully saturated rings. The van der Waals surface area contributed by atoms with Gasteiger partial charge in [-0.2, -0.15) is 0 Å². The van der Waals surface area contributed by atoms with E-state index in [9.17, 15) is 9.59 Å². The first-order valence-electron chi connectivity index (χ1n) is 12.7. The van der Waals surface area contributed by atoms with Crippen molar-refractivity contribution in [1.82, 2.24) is 25.1 Å². The fourth-order valence-electron chi connectivity index (χ4n) is 5.95. The molecule has 0 aromatic heterocycles. The third-order valence-corrected chi connectivity index (χ3v) is 7.78. The number of nitrogens with zero attached hydrogens (tertiary/aromatic N) is 4. The number of amides is 2. The first-order chi connectivity index (χ1) is 15.2. The number of nitrogens with one attached hydrogen (secondary N) is 1. The van der Waals surface area contributed by atoms with Crippen LogP contribution in [0.15, 0.2) is 0 Å². The van der Waals surface area contributed by atoms with Crippen molar-refractivity contribution in [3.63, 3.8) is 0 Å². The quantitative estimate of drug-likeness (QED) is 0.669. The van der Waals surface area contributed by atoms with Crippen molar-refractivity contribution in [3.05, 3.63) is 0 Å². The standard InChI is InChI=1S/C24H43N5O3/c1-16(2)32-24(31)28-14-17(3)29(23(30)18-6-7-18)21-9-8-19(12-22(21)28)20-13-25-27(15-20)11-10-26(4)5/h16-22,25H,6-15H2,1-5H3/t17-,19?,20?,21?,22?/m0/s1. The third kappa shape index (κ3) is 5.23. The summed E-state index contributed by atoms with van der Waals surface area (Å²) < 4.78 is 5.63. The van der Waals surface area contributed by atoms with Crippen LogP contribution in [0.4, 0.5) is 4.79 Å². The zero-order valence-corrected chi connectivity index (χ0v) is 20.6. The van der Waals surface area contributed by atoms with Crippen molar-refractivity contribution in [2.45, 2.75) is 77.1 Å². The molecule has 5 atom stereocenters. The van der Waals surface area contributed by atoms with Crippen LogP contribution in [0.25, 0.3) is 0 Å². The summed E-state index contributed by atoms with van der Waals surface area (Å²) in [6.07, 6.45) is 4.79. The molecule has 0 aromatic carbocycles. The molecule has 1 N–H and O–H groups in total. The minimum atomic E-state index is -0.210. The van der Waals surface area contributed by atoms with Crippen LogP contribution in [0.3, 0.4) is 0 Å². The Morgan fingerprint density at radius 3 is 2.47 bits per heavy atom. The molecule has 32 heavy (non-hydrogen) atoms. The molecule has 2 amide bonds. The van der Waals surface area contributed by atoms with E-state index in [2.05, 4.69) is 41.3 Å². The molecule has 4 unspecified atom stereocenters. The van der Waals surface area contributed by atoms with Crippen molar-refractivity contribution < 1.29 is 14.3 Å². The number of hydrazine groups is 1. The Hall–Kier alpha value is -1.38. The molecular formula is C24H43N5O3. The number of hydrogen-bond donors (Lipinski definition) is 1. The molecule has 0 spiro atoms. The monoisotopic (exact) mass is 449 g/mol. The van der Waals surface area contributed by atoms with Gasteiger partial charge in [0.2, 0.25) is 5.91 Å². The predicted octanol–water partition coefficient (Wildman–Crippen LogP) is 2.01. The van der Waals surface area contributed by atoms with E-state index in [1.165, 1.54) is 0 Å². The molecular weight excluding hydrogens is 406 g/mol. The highest BCUT2D eigenvalue weighted by Gasteiger charge is 2.50. The van der Waals surface area contributed by atoms with Gasteiger partial charge in [0.15, 0.2) is 0 Å². The van der Waals surface area contributed by atoms with E-state index < -0.39 is 0 Å². The number of piperazine rings is 1. The Bertz CT molecular complexity index is 683.